The third-order valence-electron chi connectivity index (χ3n) is 4.01. The highest BCUT2D eigenvalue weighted by Crippen LogP contribution is 2.35. The highest BCUT2D eigenvalue weighted by Gasteiger charge is 2.45. The third kappa shape index (κ3) is 2.00. The topological polar surface area (TPSA) is 77.7 Å². The number of rotatable bonds is 2. The molecular weight excluding hydrogens is 282 g/mol. The monoisotopic (exact) mass is 297 g/mol. The number of amides is 1. The lowest BCUT2D eigenvalue weighted by molar-refractivity contribution is 0.0221. The zero-order valence-corrected chi connectivity index (χ0v) is 11.8. The minimum absolute atomic E-state index is 0.247. The molecule has 2 N–H and O–H groups in total. The molecule has 0 radical (unpaired) electrons. The van der Waals surface area contributed by atoms with Gasteiger partial charge in [-0.05, 0) is 35.4 Å². The number of pyridine rings is 1. The Morgan fingerprint density at radius 1 is 1.18 bits per heavy atom. The SMILES string of the molecule is NC[C@@H]1OC(=O)N2Cc3cc(-c4ccncc4)ccc3O[C@@H]12. The average molecular weight is 297 g/mol. The zero-order valence-electron chi connectivity index (χ0n) is 11.8. The Bertz CT molecular complexity index is 720. The highest BCUT2D eigenvalue weighted by atomic mass is 16.6. The molecule has 2 aliphatic rings. The normalized spacial score (nSPS) is 22.6. The summed E-state index contributed by atoms with van der Waals surface area (Å²) in [6.45, 7) is 0.714. The van der Waals surface area contributed by atoms with E-state index in [4.69, 9.17) is 15.2 Å². The van der Waals surface area contributed by atoms with Gasteiger partial charge >= 0.3 is 6.09 Å². The Morgan fingerprint density at radius 3 is 2.77 bits per heavy atom. The lowest BCUT2D eigenvalue weighted by Gasteiger charge is -2.31. The standard InChI is InChI=1S/C16H15N3O3/c17-8-14-15-19(16(20)22-14)9-12-7-11(1-2-13(12)21-15)10-3-5-18-6-4-10/h1-7,14-15H,8-9,17H2/t14-,15-/m0/s1. The fraction of sp³-hybridized carbons (Fsp3) is 0.250. The van der Waals surface area contributed by atoms with Crippen molar-refractivity contribution >= 4 is 6.09 Å². The summed E-state index contributed by atoms with van der Waals surface area (Å²) < 4.78 is 11.1. The van der Waals surface area contributed by atoms with E-state index < -0.39 is 12.3 Å². The van der Waals surface area contributed by atoms with Crippen LogP contribution in [0.25, 0.3) is 11.1 Å². The molecule has 1 amide bonds. The summed E-state index contributed by atoms with van der Waals surface area (Å²) in [6.07, 6.45) is 2.29. The van der Waals surface area contributed by atoms with E-state index in [0.29, 0.717) is 6.54 Å². The number of aromatic nitrogens is 1. The molecule has 22 heavy (non-hydrogen) atoms. The Balaban J connectivity index is 1.69. The molecule has 1 aromatic carbocycles. The molecule has 2 atom stereocenters. The van der Waals surface area contributed by atoms with Crippen molar-refractivity contribution in [2.75, 3.05) is 6.54 Å². The Hall–Kier alpha value is -2.60. The van der Waals surface area contributed by atoms with Gasteiger partial charge in [-0.2, -0.15) is 0 Å². The largest absolute Gasteiger partial charge is 0.466 e. The van der Waals surface area contributed by atoms with Gasteiger partial charge in [0.1, 0.15) is 5.75 Å². The molecule has 6 nitrogen and oxygen atoms in total. The Labute approximate surface area is 127 Å². The average Bonchev–Trinajstić information content (AvgIpc) is 2.89. The molecule has 0 aliphatic carbocycles. The van der Waals surface area contributed by atoms with Crippen molar-refractivity contribution in [2.45, 2.75) is 18.9 Å². The van der Waals surface area contributed by atoms with Crippen LogP contribution < -0.4 is 10.5 Å². The molecule has 1 aromatic heterocycles. The lowest BCUT2D eigenvalue weighted by Crippen LogP contribution is -2.46. The van der Waals surface area contributed by atoms with Gasteiger partial charge in [0, 0.05) is 24.5 Å². The van der Waals surface area contributed by atoms with Gasteiger partial charge in [0.2, 0.25) is 6.23 Å². The van der Waals surface area contributed by atoms with E-state index >= 15 is 0 Å². The van der Waals surface area contributed by atoms with Crippen molar-refractivity contribution in [3.8, 4) is 16.9 Å². The molecule has 3 heterocycles. The number of nitrogens with two attached hydrogens (primary N) is 1. The second kappa shape index (κ2) is 4.99. The van der Waals surface area contributed by atoms with Crippen molar-refractivity contribution in [1.82, 2.24) is 9.88 Å². The summed E-state index contributed by atoms with van der Waals surface area (Å²) in [5, 5.41) is 0. The van der Waals surface area contributed by atoms with E-state index in [0.717, 1.165) is 22.4 Å². The Kier molecular flexibility index (Phi) is 2.97. The van der Waals surface area contributed by atoms with E-state index in [9.17, 15) is 4.79 Å². The summed E-state index contributed by atoms with van der Waals surface area (Å²) in [5.41, 5.74) is 8.73. The summed E-state index contributed by atoms with van der Waals surface area (Å²) in [6, 6.07) is 9.85. The van der Waals surface area contributed by atoms with Crippen molar-refractivity contribution in [3.63, 3.8) is 0 Å². The van der Waals surface area contributed by atoms with Gasteiger partial charge in [0.05, 0.1) is 6.54 Å². The molecule has 1 fully saturated rings. The maximum Gasteiger partial charge on any atom is 0.413 e. The zero-order chi connectivity index (χ0) is 15.1. The number of carbonyl (C=O) groups excluding carboxylic acids is 1. The molecule has 0 saturated carbocycles. The molecule has 2 aromatic rings. The number of benzene rings is 1. The number of carbonyl (C=O) groups is 1. The summed E-state index contributed by atoms with van der Waals surface area (Å²) in [5.74, 6) is 0.774. The first-order valence-corrected chi connectivity index (χ1v) is 7.13. The van der Waals surface area contributed by atoms with Crippen LogP contribution in [0.1, 0.15) is 5.56 Å². The molecule has 112 valence electrons. The van der Waals surface area contributed by atoms with Gasteiger partial charge < -0.3 is 15.2 Å². The fourth-order valence-corrected chi connectivity index (χ4v) is 2.87. The van der Waals surface area contributed by atoms with Crippen molar-refractivity contribution in [2.24, 2.45) is 5.73 Å². The molecule has 6 heteroatoms. The van der Waals surface area contributed by atoms with E-state index in [-0.39, 0.29) is 12.6 Å². The highest BCUT2D eigenvalue weighted by molar-refractivity contribution is 5.72. The van der Waals surface area contributed by atoms with Crippen LogP contribution in [0.5, 0.6) is 5.75 Å². The first-order valence-electron chi connectivity index (χ1n) is 7.13. The van der Waals surface area contributed by atoms with Gasteiger partial charge in [-0.15, -0.1) is 0 Å². The van der Waals surface area contributed by atoms with E-state index in [1.54, 1.807) is 17.3 Å². The van der Waals surface area contributed by atoms with Crippen LogP contribution in [0, 0.1) is 0 Å². The molecular formula is C16H15N3O3. The summed E-state index contributed by atoms with van der Waals surface area (Å²) in [7, 11) is 0. The summed E-state index contributed by atoms with van der Waals surface area (Å²) in [4.78, 5) is 17.5. The quantitative estimate of drug-likeness (QED) is 0.913. The van der Waals surface area contributed by atoms with Crippen LogP contribution in [-0.4, -0.2) is 34.9 Å². The number of hydrogen-bond donors (Lipinski definition) is 1. The van der Waals surface area contributed by atoms with Crippen molar-refractivity contribution in [3.05, 3.63) is 48.3 Å². The predicted molar refractivity (Wildman–Crippen MR) is 79.0 cm³/mol. The predicted octanol–water partition coefficient (Wildman–Crippen LogP) is 1.75. The van der Waals surface area contributed by atoms with Crippen LogP contribution in [0.3, 0.4) is 0 Å². The van der Waals surface area contributed by atoms with Crippen LogP contribution in [-0.2, 0) is 11.3 Å². The van der Waals surface area contributed by atoms with Gasteiger partial charge in [0.25, 0.3) is 0 Å². The number of hydrogen-bond acceptors (Lipinski definition) is 5. The third-order valence-corrected chi connectivity index (χ3v) is 4.01. The smallest absolute Gasteiger partial charge is 0.413 e. The number of cyclic esters (lactones) is 1. The van der Waals surface area contributed by atoms with Gasteiger partial charge in [-0.3, -0.25) is 9.88 Å². The minimum Gasteiger partial charge on any atom is -0.466 e. The van der Waals surface area contributed by atoms with Crippen LogP contribution >= 0.6 is 0 Å². The minimum atomic E-state index is -0.434. The van der Waals surface area contributed by atoms with E-state index in [2.05, 4.69) is 4.98 Å². The van der Waals surface area contributed by atoms with Crippen molar-refractivity contribution in [1.29, 1.82) is 0 Å². The number of nitrogens with zero attached hydrogens (tertiary/aromatic N) is 2. The Morgan fingerprint density at radius 2 is 2.00 bits per heavy atom. The van der Waals surface area contributed by atoms with Crippen LogP contribution in [0.15, 0.2) is 42.7 Å². The fourth-order valence-electron chi connectivity index (χ4n) is 2.87. The summed E-state index contributed by atoms with van der Waals surface area (Å²) >= 11 is 0. The second-order valence-electron chi connectivity index (χ2n) is 5.35. The molecule has 0 bridgehead atoms. The van der Waals surface area contributed by atoms with Crippen LogP contribution in [0.4, 0.5) is 4.79 Å². The van der Waals surface area contributed by atoms with Gasteiger partial charge in [0.15, 0.2) is 6.10 Å². The molecule has 0 unspecified atom stereocenters. The van der Waals surface area contributed by atoms with Crippen LogP contribution in [0.2, 0.25) is 0 Å². The maximum absolute atomic E-state index is 11.9. The van der Waals surface area contributed by atoms with Gasteiger partial charge in [-0.25, -0.2) is 4.79 Å². The van der Waals surface area contributed by atoms with E-state index in [1.807, 2.05) is 30.3 Å². The molecule has 4 rings (SSSR count). The number of ether oxygens (including phenoxy) is 2. The maximum atomic E-state index is 11.9. The van der Waals surface area contributed by atoms with E-state index in [1.165, 1.54) is 0 Å². The molecule has 0 spiro atoms. The molecule has 1 saturated heterocycles. The first-order chi connectivity index (χ1) is 10.8. The lowest BCUT2D eigenvalue weighted by atomic mass is 10.0. The first kappa shape index (κ1) is 13.1. The van der Waals surface area contributed by atoms with Gasteiger partial charge in [-0.1, -0.05) is 6.07 Å². The second-order valence-corrected chi connectivity index (χ2v) is 5.35. The van der Waals surface area contributed by atoms with Crippen molar-refractivity contribution < 1.29 is 14.3 Å². The molecule has 2 aliphatic heterocycles. The number of fused-ring (bicyclic) bond motifs is 2.